The third-order valence-corrected chi connectivity index (χ3v) is 6.57. The van der Waals surface area contributed by atoms with Crippen molar-refractivity contribution in [2.45, 2.75) is 84.1 Å². The number of hydrogen-bond donors (Lipinski definition) is 0. The summed E-state index contributed by atoms with van der Waals surface area (Å²) < 4.78 is 5.66. The van der Waals surface area contributed by atoms with Gasteiger partial charge in [0.25, 0.3) is 0 Å². The Morgan fingerprint density at radius 2 is 1.63 bits per heavy atom. The minimum atomic E-state index is -0.0293. The highest BCUT2D eigenvalue weighted by molar-refractivity contribution is 5.75. The summed E-state index contributed by atoms with van der Waals surface area (Å²) in [5.74, 6) is 1.69. The van der Waals surface area contributed by atoms with Gasteiger partial charge in [0, 0.05) is 6.04 Å². The van der Waals surface area contributed by atoms with E-state index >= 15 is 0 Å². The summed E-state index contributed by atoms with van der Waals surface area (Å²) in [5.41, 5.74) is 1.31. The van der Waals surface area contributed by atoms with Crippen molar-refractivity contribution in [2.75, 3.05) is 13.1 Å². The van der Waals surface area contributed by atoms with Crippen LogP contribution in [0.1, 0.15) is 77.2 Å². The number of carbonyl (C=O) groups is 1. The van der Waals surface area contributed by atoms with Gasteiger partial charge in [0.15, 0.2) is 0 Å². The van der Waals surface area contributed by atoms with Crippen LogP contribution in [-0.4, -0.2) is 30.0 Å². The van der Waals surface area contributed by atoms with Gasteiger partial charge in [0.2, 0.25) is 0 Å². The molecule has 1 saturated carbocycles. The summed E-state index contributed by atoms with van der Waals surface area (Å²) in [7, 11) is 0. The molecule has 0 aromatic heterocycles. The van der Waals surface area contributed by atoms with Crippen molar-refractivity contribution in [1.29, 1.82) is 0 Å². The van der Waals surface area contributed by atoms with Crippen molar-refractivity contribution >= 4 is 5.97 Å². The summed E-state index contributed by atoms with van der Waals surface area (Å²) in [4.78, 5) is 15.2. The number of benzene rings is 1. The molecule has 0 radical (unpaired) electrons. The van der Waals surface area contributed by atoms with Gasteiger partial charge in [-0.15, -0.1) is 0 Å². The first-order chi connectivity index (χ1) is 13.2. The molecule has 3 heteroatoms. The maximum atomic E-state index is 12.5. The van der Waals surface area contributed by atoms with Gasteiger partial charge in [0.05, 0.1) is 5.92 Å². The molecular formula is C24H37NO2. The van der Waals surface area contributed by atoms with Gasteiger partial charge in [-0.25, -0.2) is 0 Å². The van der Waals surface area contributed by atoms with Crippen LogP contribution >= 0.6 is 0 Å². The van der Waals surface area contributed by atoms with E-state index < -0.39 is 0 Å². The van der Waals surface area contributed by atoms with E-state index in [0.717, 1.165) is 44.4 Å². The molecule has 1 saturated heterocycles. The molecule has 0 unspecified atom stereocenters. The van der Waals surface area contributed by atoms with E-state index in [9.17, 15) is 4.79 Å². The monoisotopic (exact) mass is 371 g/mol. The van der Waals surface area contributed by atoms with E-state index in [1.807, 2.05) is 12.1 Å². The van der Waals surface area contributed by atoms with Crippen molar-refractivity contribution in [1.82, 2.24) is 4.90 Å². The van der Waals surface area contributed by atoms with Crippen molar-refractivity contribution in [3.63, 3.8) is 0 Å². The van der Waals surface area contributed by atoms with E-state index in [0.29, 0.717) is 11.8 Å². The normalized spacial score (nSPS) is 24.7. The third kappa shape index (κ3) is 5.81. The Balaban J connectivity index is 1.41. The second kappa shape index (κ2) is 10.3. The molecular weight excluding hydrogens is 334 g/mol. The number of ether oxygens (including phenoxy) is 1. The predicted molar refractivity (Wildman–Crippen MR) is 111 cm³/mol. The molecule has 0 amide bonds. The maximum Gasteiger partial charge on any atom is 0.314 e. The van der Waals surface area contributed by atoms with Gasteiger partial charge < -0.3 is 9.64 Å². The van der Waals surface area contributed by atoms with Gasteiger partial charge >= 0.3 is 5.97 Å². The molecule has 27 heavy (non-hydrogen) atoms. The number of hydrogen-bond acceptors (Lipinski definition) is 3. The number of nitrogens with zero attached hydrogens (tertiary/aromatic N) is 1. The van der Waals surface area contributed by atoms with E-state index in [1.54, 1.807) is 0 Å². The SMILES string of the molecule is CCCc1ccc(OC(=O)[C@H]2CC[C@H](N3CCC(CCC)CC3)CC2)cc1. The summed E-state index contributed by atoms with van der Waals surface area (Å²) in [6, 6.07) is 8.71. The highest BCUT2D eigenvalue weighted by Crippen LogP contribution is 2.32. The van der Waals surface area contributed by atoms with E-state index in [2.05, 4.69) is 30.9 Å². The zero-order valence-electron chi connectivity index (χ0n) is 17.3. The Labute approximate surface area is 165 Å². The first kappa shape index (κ1) is 20.4. The topological polar surface area (TPSA) is 29.5 Å². The van der Waals surface area contributed by atoms with E-state index in [1.165, 1.54) is 44.3 Å². The molecule has 0 atom stereocenters. The van der Waals surface area contributed by atoms with Crippen molar-refractivity contribution < 1.29 is 9.53 Å². The van der Waals surface area contributed by atoms with Crippen LogP contribution in [0.15, 0.2) is 24.3 Å². The van der Waals surface area contributed by atoms with Gasteiger partial charge in [0.1, 0.15) is 5.75 Å². The molecule has 1 aliphatic heterocycles. The molecule has 2 fully saturated rings. The fraction of sp³-hybridized carbons (Fsp3) is 0.708. The second-order valence-electron chi connectivity index (χ2n) is 8.59. The number of piperidine rings is 1. The molecule has 1 aliphatic carbocycles. The lowest BCUT2D eigenvalue weighted by atomic mass is 9.83. The first-order valence-electron chi connectivity index (χ1n) is 11.2. The Bertz CT molecular complexity index is 567. The fourth-order valence-corrected chi connectivity index (χ4v) is 4.90. The number of carbonyl (C=O) groups excluding carboxylic acids is 1. The molecule has 3 rings (SSSR count). The van der Waals surface area contributed by atoms with Crippen LogP contribution in [0.5, 0.6) is 5.75 Å². The second-order valence-corrected chi connectivity index (χ2v) is 8.59. The molecule has 1 heterocycles. The molecule has 1 aromatic carbocycles. The first-order valence-corrected chi connectivity index (χ1v) is 11.2. The van der Waals surface area contributed by atoms with Crippen molar-refractivity contribution in [2.24, 2.45) is 11.8 Å². The lowest BCUT2D eigenvalue weighted by molar-refractivity contribution is -0.140. The van der Waals surface area contributed by atoms with Crippen LogP contribution in [0.3, 0.4) is 0 Å². The summed E-state index contributed by atoms with van der Waals surface area (Å²) in [6.45, 7) is 6.99. The summed E-state index contributed by atoms with van der Waals surface area (Å²) in [5, 5.41) is 0. The lowest BCUT2D eigenvalue weighted by Crippen LogP contribution is -2.44. The van der Waals surface area contributed by atoms with Gasteiger partial charge in [-0.2, -0.15) is 0 Å². The Morgan fingerprint density at radius 3 is 2.22 bits per heavy atom. The Morgan fingerprint density at radius 1 is 0.963 bits per heavy atom. The van der Waals surface area contributed by atoms with Crippen LogP contribution in [0, 0.1) is 11.8 Å². The molecule has 0 N–H and O–H groups in total. The third-order valence-electron chi connectivity index (χ3n) is 6.57. The lowest BCUT2D eigenvalue weighted by Gasteiger charge is -2.40. The Hall–Kier alpha value is -1.35. The van der Waals surface area contributed by atoms with Gasteiger partial charge in [-0.3, -0.25) is 4.79 Å². The summed E-state index contributed by atoms with van der Waals surface area (Å²) >= 11 is 0. The zero-order chi connectivity index (χ0) is 19.1. The van der Waals surface area contributed by atoms with Crippen LogP contribution in [0.2, 0.25) is 0 Å². The zero-order valence-corrected chi connectivity index (χ0v) is 17.3. The minimum Gasteiger partial charge on any atom is -0.426 e. The van der Waals surface area contributed by atoms with E-state index in [-0.39, 0.29) is 11.9 Å². The van der Waals surface area contributed by atoms with Crippen molar-refractivity contribution in [3.8, 4) is 5.75 Å². The minimum absolute atomic E-state index is 0.0293. The van der Waals surface area contributed by atoms with Gasteiger partial charge in [-0.1, -0.05) is 45.2 Å². The number of rotatable bonds is 7. The number of likely N-dealkylation sites (tertiary alicyclic amines) is 1. The predicted octanol–water partition coefficient (Wildman–Crippen LogP) is 5.62. The molecule has 150 valence electrons. The van der Waals surface area contributed by atoms with E-state index in [4.69, 9.17) is 4.74 Å². The number of aryl methyl sites for hydroxylation is 1. The largest absolute Gasteiger partial charge is 0.426 e. The molecule has 1 aromatic rings. The molecule has 3 nitrogen and oxygen atoms in total. The highest BCUT2D eigenvalue weighted by Gasteiger charge is 2.32. The number of esters is 1. The molecule has 0 bridgehead atoms. The van der Waals surface area contributed by atoms with Crippen LogP contribution in [-0.2, 0) is 11.2 Å². The molecule has 2 aliphatic rings. The highest BCUT2D eigenvalue weighted by atomic mass is 16.5. The van der Waals surface area contributed by atoms with Crippen molar-refractivity contribution in [3.05, 3.63) is 29.8 Å². The van der Waals surface area contributed by atoms with Gasteiger partial charge in [-0.05, 0) is 81.6 Å². The van der Waals surface area contributed by atoms with Crippen LogP contribution in [0.25, 0.3) is 0 Å². The summed E-state index contributed by atoms with van der Waals surface area (Å²) in [6.07, 6.45) is 11.9. The quantitative estimate of drug-likeness (QED) is 0.460. The standard InChI is InChI=1S/C24H37NO2/c1-3-5-19-7-13-23(14-8-19)27-24(26)21-9-11-22(12-10-21)25-17-15-20(6-4-2)16-18-25/h7-8,13-14,20-22H,3-6,9-12,15-18H2,1-2H3/t21-,22-. The average molecular weight is 372 g/mol. The maximum absolute atomic E-state index is 12.5. The van der Waals surface area contributed by atoms with Crippen LogP contribution in [0.4, 0.5) is 0 Å². The average Bonchev–Trinajstić information content (AvgIpc) is 2.71. The fourth-order valence-electron chi connectivity index (χ4n) is 4.90. The molecule has 0 spiro atoms. The van der Waals surface area contributed by atoms with Crippen LogP contribution < -0.4 is 4.74 Å². The smallest absolute Gasteiger partial charge is 0.314 e. The Kier molecular flexibility index (Phi) is 7.75.